The number of rotatable bonds is 5. The first-order valence-corrected chi connectivity index (χ1v) is 10.3. The molecule has 9 nitrogen and oxygen atoms in total. The largest absolute Gasteiger partial charge is 0.456 e. The van der Waals surface area contributed by atoms with Crippen molar-refractivity contribution in [3.8, 4) is 11.5 Å². The smallest absolute Gasteiger partial charge is 0.338 e. The van der Waals surface area contributed by atoms with Crippen LogP contribution in [0.15, 0.2) is 53.7 Å². The summed E-state index contributed by atoms with van der Waals surface area (Å²) >= 11 is 5.94. The minimum Gasteiger partial charge on any atom is -0.456 e. The fraction of sp³-hybridized carbons (Fsp3) is 0.227. The summed E-state index contributed by atoms with van der Waals surface area (Å²) in [6.07, 6.45) is 0. The molecule has 164 valence electrons. The lowest BCUT2D eigenvalue weighted by molar-refractivity contribution is -0.136. The van der Waals surface area contributed by atoms with Crippen LogP contribution < -0.4 is 20.1 Å². The number of carbonyl (C=O) groups is 3. The number of hydrogen-bond acceptors (Lipinski definition) is 6. The molecule has 0 aromatic heterocycles. The number of nitrogens with one attached hydrogen (secondary N) is 2. The highest BCUT2D eigenvalue weighted by Crippen LogP contribution is 2.35. The van der Waals surface area contributed by atoms with Crippen molar-refractivity contribution in [3.63, 3.8) is 0 Å². The van der Waals surface area contributed by atoms with Crippen molar-refractivity contribution >= 4 is 29.5 Å². The number of benzene rings is 2. The van der Waals surface area contributed by atoms with Gasteiger partial charge in [-0.05, 0) is 35.4 Å². The Morgan fingerprint density at radius 3 is 2.69 bits per heavy atom. The summed E-state index contributed by atoms with van der Waals surface area (Å²) in [5, 5.41) is 6.11. The average Bonchev–Trinajstić information content (AvgIpc) is 3.41. The van der Waals surface area contributed by atoms with Crippen molar-refractivity contribution in [2.45, 2.75) is 12.6 Å². The summed E-state index contributed by atoms with van der Waals surface area (Å²) in [6, 6.07) is 11.1. The molecular formula is C22H18ClN3O6. The molecule has 3 aliphatic rings. The number of fused-ring (bicyclic) bond motifs is 1. The molecule has 0 radical (unpaired) electrons. The summed E-state index contributed by atoms with van der Waals surface area (Å²) in [5.74, 6) is 0.377. The van der Waals surface area contributed by atoms with Crippen molar-refractivity contribution in [2.24, 2.45) is 0 Å². The van der Waals surface area contributed by atoms with E-state index in [2.05, 4.69) is 10.6 Å². The molecular weight excluding hydrogens is 438 g/mol. The lowest BCUT2D eigenvalue weighted by atomic mass is 9.96. The summed E-state index contributed by atoms with van der Waals surface area (Å²) in [6.45, 7) is 0.102. The second kappa shape index (κ2) is 8.08. The minimum atomic E-state index is -0.669. The third-order valence-electron chi connectivity index (χ3n) is 5.43. The summed E-state index contributed by atoms with van der Waals surface area (Å²) < 4.78 is 15.8. The fourth-order valence-electron chi connectivity index (χ4n) is 3.83. The van der Waals surface area contributed by atoms with E-state index in [0.29, 0.717) is 33.4 Å². The van der Waals surface area contributed by atoms with Gasteiger partial charge >= 0.3 is 12.0 Å². The average molecular weight is 456 g/mol. The number of amides is 3. The first-order valence-electron chi connectivity index (χ1n) is 9.88. The number of halogens is 1. The van der Waals surface area contributed by atoms with Crippen LogP contribution in [0.3, 0.4) is 0 Å². The van der Waals surface area contributed by atoms with Gasteiger partial charge in [-0.3, -0.25) is 9.69 Å². The lowest BCUT2D eigenvalue weighted by Crippen LogP contribution is -2.50. The van der Waals surface area contributed by atoms with Crippen molar-refractivity contribution in [1.82, 2.24) is 15.5 Å². The Hall–Kier alpha value is -3.72. The van der Waals surface area contributed by atoms with Gasteiger partial charge in [0.25, 0.3) is 0 Å². The van der Waals surface area contributed by atoms with Crippen LogP contribution in [0, 0.1) is 0 Å². The van der Waals surface area contributed by atoms with Crippen LogP contribution in [0.2, 0.25) is 5.02 Å². The molecule has 2 aromatic rings. The fourth-order valence-corrected chi connectivity index (χ4v) is 3.96. The first-order chi connectivity index (χ1) is 15.5. The highest BCUT2D eigenvalue weighted by Gasteiger charge is 2.42. The van der Waals surface area contributed by atoms with Crippen molar-refractivity contribution in [3.05, 3.63) is 69.9 Å². The minimum absolute atomic E-state index is 0.0683. The molecule has 32 heavy (non-hydrogen) atoms. The molecule has 0 saturated heterocycles. The van der Waals surface area contributed by atoms with E-state index in [1.54, 1.807) is 36.4 Å². The van der Waals surface area contributed by atoms with Gasteiger partial charge in [-0.15, -0.1) is 0 Å². The molecule has 5 rings (SSSR count). The zero-order valence-electron chi connectivity index (χ0n) is 16.7. The molecule has 3 amide bonds. The maximum absolute atomic E-state index is 12.8. The number of hydrogen-bond donors (Lipinski definition) is 2. The van der Waals surface area contributed by atoms with Crippen LogP contribution in [0.1, 0.15) is 17.2 Å². The molecule has 0 spiro atoms. The van der Waals surface area contributed by atoms with E-state index in [-0.39, 0.29) is 32.4 Å². The molecule has 0 fully saturated rings. The van der Waals surface area contributed by atoms with Gasteiger partial charge in [-0.1, -0.05) is 29.8 Å². The van der Waals surface area contributed by atoms with Crippen LogP contribution >= 0.6 is 11.6 Å². The van der Waals surface area contributed by atoms with Gasteiger partial charge in [-0.2, -0.15) is 0 Å². The van der Waals surface area contributed by atoms with E-state index in [0.717, 1.165) is 5.56 Å². The number of urea groups is 1. The number of nitrogens with zero attached hydrogens (tertiary/aromatic N) is 1. The summed E-state index contributed by atoms with van der Waals surface area (Å²) in [4.78, 5) is 39.0. The molecule has 10 heteroatoms. The Kier molecular flexibility index (Phi) is 5.10. The summed E-state index contributed by atoms with van der Waals surface area (Å²) in [7, 11) is 0. The number of ether oxygens (including phenoxy) is 3. The Bertz CT molecular complexity index is 1150. The Labute approximate surface area is 187 Å². The number of carbonyl (C=O) groups excluding carboxylic acids is 3. The Balaban J connectivity index is 1.30. The molecule has 2 N–H and O–H groups in total. The van der Waals surface area contributed by atoms with Gasteiger partial charge in [0.1, 0.15) is 13.2 Å². The van der Waals surface area contributed by atoms with Gasteiger partial charge < -0.3 is 24.8 Å². The Morgan fingerprint density at radius 1 is 1.09 bits per heavy atom. The zero-order chi connectivity index (χ0) is 22.2. The predicted octanol–water partition coefficient (Wildman–Crippen LogP) is 2.26. The lowest BCUT2D eigenvalue weighted by Gasteiger charge is -2.32. The van der Waals surface area contributed by atoms with Crippen molar-refractivity contribution < 1.29 is 28.6 Å². The van der Waals surface area contributed by atoms with E-state index >= 15 is 0 Å². The Morgan fingerprint density at radius 2 is 1.88 bits per heavy atom. The second-order valence-electron chi connectivity index (χ2n) is 7.42. The van der Waals surface area contributed by atoms with Crippen LogP contribution in [0.25, 0.3) is 0 Å². The monoisotopic (exact) mass is 455 g/mol. The van der Waals surface area contributed by atoms with Gasteiger partial charge in [0.2, 0.25) is 12.7 Å². The normalized spacial score (nSPS) is 18.9. The van der Waals surface area contributed by atoms with E-state index < -0.39 is 18.0 Å². The maximum atomic E-state index is 12.8. The predicted molar refractivity (Wildman–Crippen MR) is 112 cm³/mol. The van der Waals surface area contributed by atoms with Gasteiger partial charge in [-0.25, -0.2) is 9.59 Å². The summed E-state index contributed by atoms with van der Waals surface area (Å²) in [5.41, 5.74) is 2.22. The van der Waals surface area contributed by atoms with Crippen LogP contribution in [0.4, 0.5) is 4.79 Å². The topological polar surface area (TPSA) is 106 Å². The molecule has 0 saturated carbocycles. The zero-order valence-corrected chi connectivity index (χ0v) is 17.5. The highest BCUT2D eigenvalue weighted by molar-refractivity contribution is 6.30. The molecule has 1 atom stereocenters. The van der Waals surface area contributed by atoms with Crippen molar-refractivity contribution in [2.75, 3.05) is 19.9 Å². The van der Waals surface area contributed by atoms with Crippen LogP contribution in [0.5, 0.6) is 11.5 Å². The maximum Gasteiger partial charge on any atom is 0.338 e. The third kappa shape index (κ3) is 3.71. The molecule has 2 aromatic carbocycles. The third-order valence-corrected chi connectivity index (χ3v) is 5.68. The molecule has 0 unspecified atom stereocenters. The van der Waals surface area contributed by atoms with E-state index in [4.69, 9.17) is 25.8 Å². The number of cyclic esters (lactones) is 1. The quantitative estimate of drug-likeness (QED) is 0.670. The van der Waals surface area contributed by atoms with E-state index in [1.807, 2.05) is 6.07 Å². The van der Waals surface area contributed by atoms with E-state index in [1.165, 1.54) is 4.90 Å². The van der Waals surface area contributed by atoms with Crippen molar-refractivity contribution in [1.29, 1.82) is 0 Å². The second-order valence-corrected chi connectivity index (χ2v) is 7.86. The van der Waals surface area contributed by atoms with E-state index in [9.17, 15) is 14.4 Å². The highest BCUT2D eigenvalue weighted by atomic mass is 35.5. The van der Waals surface area contributed by atoms with Gasteiger partial charge in [0, 0.05) is 11.6 Å². The standard InChI is InChI=1S/C22H18ClN3O6/c23-14-4-2-13(3-5-14)20-19-15(10-30-21(19)28)26(22(29)25-20)9-18(27)24-8-12-1-6-16-17(7-12)32-11-31-16/h1-7,20H,8-11H2,(H,24,27)(H,25,29)/t20-/m1/s1. The molecule has 0 aliphatic carbocycles. The SMILES string of the molecule is O=C(CN1C(=O)N[C@H](c2ccc(Cl)cc2)C2=C1COC2=O)NCc1ccc2c(c1)OCO2. The number of esters is 1. The van der Waals surface area contributed by atoms with Crippen LogP contribution in [-0.2, 0) is 20.9 Å². The van der Waals surface area contributed by atoms with Crippen LogP contribution in [-0.4, -0.2) is 42.8 Å². The van der Waals surface area contributed by atoms with Gasteiger partial charge in [0.05, 0.1) is 17.3 Å². The first kappa shape index (κ1) is 20.2. The molecule has 3 heterocycles. The van der Waals surface area contributed by atoms with Gasteiger partial charge in [0.15, 0.2) is 11.5 Å². The molecule has 3 aliphatic heterocycles. The molecule has 0 bridgehead atoms.